The number of hydrogen-bond donors (Lipinski definition) is 2. The van der Waals surface area contributed by atoms with Gasteiger partial charge in [-0.1, -0.05) is 0 Å². The van der Waals surface area contributed by atoms with Crippen molar-refractivity contribution in [3.05, 3.63) is 22.4 Å². The number of carbonyl (C=O) groups is 1. The smallest absolute Gasteiger partial charge is 0.217 e. The van der Waals surface area contributed by atoms with Gasteiger partial charge in [-0.25, -0.2) is 9.37 Å². The molecule has 0 bridgehead atoms. The second kappa shape index (κ2) is 4.93. The highest BCUT2D eigenvalue weighted by molar-refractivity contribution is 9.10. The van der Waals surface area contributed by atoms with Gasteiger partial charge in [-0.2, -0.15) is 0 Å². The van der Waals surface area contributed by atoms with Gasteiger partial charge in [0.25, 0.3) is 0 Å². The second-order valence-electron chi connectivity index (χ2n) is 3.95. The quantitative estimate of drug-likeness (QED) is 0.901. The Bertz CT molecular complexity index is 611. The van der Waals surface area contributed by atoms with Crippen molar-refractivity contribution in [3.8, 4) is 0 Å². The van der Waals surface area contributed by atoms with Gasteiger partial charge in [-0.3, -0.25) is 4.79 Å². The summed E-state index contributed by atoms with van der Waals surface area (Å²) in [7, 11) is 0. The van der Waals surface area contributed by atoms with Crippen LogP contribution in [-0.4, -0.2) is 15.5 Å². The number of nitrogens with two attached hydrogens (primary N) is 2. The number of aryl methyl sites for hydroxylation is 1. The first-order valence-corrected chi connectivity index (χ1v) is 6.17. The van der Waals surface area contributed by atoms with Crippen molar-refractivity contribution in [3.63, 3.8) is 0 Å². The third-order valence-corrected chi connectivity index (χ3v) is 3.23. The van der Waals surface area contributed by atoms with Crippen LogP contribution >= 0.6 is 15.9 Å². The first kappa shape index (κ1) is 12.8. The number of amides is 1. The SMILES string of the molecule is NC(=O)CCCn1c(N)nc2cc(Br)c(F)cc21. The van der Waals surface area contributed by atoms with Gasteiger partial charge in [0.05, 0.1) is 15.5 Å². The lowest BCUT2D eigenvalue weighted by Gasteiger charge is -2.05. The highest BCUT2D eigenvalue weighted by atomic mass is 79.9. The van der Waals surface area contributed by atoms with Crippen LogP contribution in [0.5, 0.6) is 0 Å². The van der Waals surface area contributed by atoms with Crippen LogP contribution in [0.4, 0.5) is 10.3 Å². The van der Waals surface area contributed by atoms with Crippen LogP contribution in [0, 0.1) is 5.82 Å². The van der Waals surface area contributed by atoms with E-state index in [1.165, 1.54) is 6.07 Å². The number of nitrogens with zero attached hydrogens (tertiary/aromatic N) is 2. The summed E-state index contributed by atoms with van der Waals surface area (Å²) in [6, 6.07) is 2.94. The van der Waals surface area contributed by atoms with E-state index in [9.17, 15) is 9.18 Å². The molecule has 96 valence electrons. The third kappa shape index (κ3) is 2.45. The van der Waals surface area contributed by atoms with Crippen LogP contribution in [0.25, 0.3) is 11.0 Å². The molecule has 0 atom stereocenters. The average Bonchev–Trinajstić information content (AvgIpc) is 2.56. The average molecular weight is 315 g/mol. The Hall–Kier alpha value is -1.63. The molecule has 18 heavy (non-hydrogen) atoms. The van der Waals surface area contributed by atoms with Gasteiger partial charge in [0.2, 0.25) is 11.9 Å². The molecule has 1 aromatic carbocycles. The maximum atomic E-state index is 13.5. The molecule has 0 saturated carbocycles. The van der Waals surface area contributed by atoms with E-state index in [-0.39, 0.29) is 18.1 Å². The zero-order valence-corrected chi connectivity index (χ0v) is 11.1. The number of nitrogen functional groups attached to an aromatic ring is 1. The summed E-state index contributed by atoms with van der Waals surface area (Å²) >= 11 is 3.10. The van der Waals surface area contributed by atoms with Gasteiger partial charge in [0, 0.05) is 19.0 Å². The van der Waals surface area contributed by atoms with E-state index in [4.69, 9.17) is 11.5 Å². The number of rotatable bonds is 4. The van der Waals surface area contributed by atoms with Gasteiger partial charge in [-0.15, -0.1) is 0 Å². The number of fused-ring (bicyclic) bond motifs is 1. The highest BCUT2D eigenvalue weighted by Gasteiger charge is 2.11. The molecule has 0 unspecified atom stereocenters. The molecule has 0 spiro atoms. The Labute approximate surface area is 111 Å². The normalized spacial score (nSPS) is 11.0. The number of hydrogen-bond acceptors (Lipinski definition) is 3. The Morgan fingerprint density at radius 2 is 2.22 bits per heavy atom. The number of anilines is 1. The monoisotopic (exact) mass is 314 g/mol. The molecule has 5 nitrogen and oxygen atoms in total. The first-order chi connectivity index (χ1) is 8.49. The van der Waals surface area contributed by atoms with E-state index in [0.717, 1.165) is 0 Å². The first-order valence-electron chi connectivity index (χ1n) is 5.38. The Morgan fingerprint density at radius 1 is 1.50 bits per heavy atom. The van der Waals surface area contributed by atoms with E-state index >= 15 is 0 Å². The van der Waals surface area contributed by atoms with Crippen LogP contribution in [-0.2, 0) is 11.3 Å². The molecule has 2 rings (SSSR count). The third-order valence-electron chi connectivity index (χ3n) is 2.62. The Kier molecular flexibility index (Phi) is 3.51. The van der Waals surface area contributed by atoms with Crippen molar-refractivity contribution in [1.29, 1.82) is 0 Å². The van der Waals surface area contributed by atoms with E-state index in [1.54, 1.807) is 10.6 Å². The fourth-order valence-electron chi connectivity index (χ4n) is 1.79. The van der Waals surface area contributed by atoms with Crippen molar-refractivity contribution in [2.24, 2.45) is 5.73 Å². The van der Waals surface area contributed by atoms with Crippen LogP contribution in [0.15, 0.2) is 16.6 Å². The second-order valence-corrected chi connectivity index (χ2v) is 4.80. The lowest BCUT2D eigenvalue weighted by atomic mass is 10.2. The zero-order chi connectivity index (χ0) is 13.3. The zero-order valence-electron chi connectivity index (χ0n) is 9.49. The standard InChI is InChI=1S/C11H12BrFN4O/c12-6-4-8-9(5-7(6)13)17(11(15)16-8)3-1-2-10(14)18/h4-5H,1-3H2,(H2,14,18)(H2,15,16). The molecule has 1 heterocycles. The molecule has 0 radical (unpaired) electrons. The van der Waals surface area contributed by atoms with Crippen LogP contribution in [0.3, 0.4) is 0 Å². The van der Waals surface area contributed by atoms with Gasteiger partial charge in [-0.05, 0) is 28.4 Å². The largest absolute Gasteiger partial charge is 0.370 e. The van der Waals surface area contributed by atoms with E-state index < -0.39 is 0 Å². The van der Waals surface area contributed by atoms with E-state index in [0.29, 0.717) is 34.4 Å². The fraction of sp³-hybridized carbons (Fsp3) is 0.273. The Morgan fingerprint density at radius 3 is 2.89 bits per heavy atom. The maximum absolute atomic E-state index is 13.5. The molecule has 0 aliphatic heterocycles. The van der Waals surface area contributed by atoms with Gasteiger partial charge in [0.1, 0.15) is 5.82 Å². The molecule has 4 N–H and O–H groups in total. The number of halogens is 2. The summed E-state index contributed by atoms with van der Waals surface area (Å²) in [5, 5.41) is 0. The fourth-order valence-corrected chi connectivity index (χ4v) is 2.12. The summed E-state index contributed by atoms with van der Waals surface area (Å²) in [6.07, 6.45) is 0.806. The minimum Gasteiger partial charge on any atom is -0.370 e. The minimum absolute atomic E-state index is 0.262. The molecule has 2 aromatic rings. The number of imidazole rings is 1. The summed E-state index contributed by atoms with van der Waals surface area (Å²) in [6.45, 7) is 0.479. The summed E-state index contributed by atoms with van der Waals surface area (Å²) in [5.74, 6) is -0.447. The van der Waals surface area contributed by atoms with Crippen LogP contribution in [0.1, 0.15) is 12.8 Å². The molecule has 1 aromatic heterocycles. The van der Waals surface area contributed by atoms with Crippen LogP contribution < -0.4 is 11.5 Å². The van der Waals surface area contributed by atoms with Crippen molar-refractivity contribution in [2.75, 3.05) is 5.73 Å². The van der Waals surface area contributed by atoms with Crippen LogP contribution in [0.2, 0.25) is 0 Å². The summed E-state index contributed by atoms with van der Waals surface area (Å²) in [5.41, 5.74) is 12.1. The molecular weight excluding hydrogens is 303 g/mol. The molecule has 0 fully saturated rings. The summed E-state index contributed by atoms with van der Waals surface area (Å²) < 4.78 is 15.5. The van der Waals surface area contributed by atoms with Crippen molar-refractivity contribution >= 4 is 38.8 Å². The lowest BCUT2D eigenvalue weighted by molar-refractivity contribution is -0.118. The predicted octanol–water partition coefficient (Wildman–Crippen LogP) is 1.79. The van der Waals surface area contributed by atoms with Gasteiger partial charge in [0.15, 0.2) is 0 Å². The topological polar surface area (TPSA) is 86.9 Å². The van der Waals surface area contributed by atoms with Gasteiger partial charge < -0.3 is 16.0 Å². The molecule has 0 aliphatic carbocycles. The molecule has 7 heteroatoms. The van der Waals surface area contributed by atoms with Crippen molar-refractivity contribution in [1.82, 2.24) is 9.55 Å². The number of benzene rings is 1. The Balaban J connectivity index is 2.34. The molecule has 0 saturated heterocycles. The number of carbonyl (C=O) groups excluding carboxylic acids is 1. The molecular formula is C11H12BrFN4O. The number of primary amides is 1. The number of aromatic nitrogens is 2. The lowest BCUT2D eigenvalue weighted by Crippen LogP contribution is -2.12. The molecule has 1 amide bonds. The maximum Gasteiger partial charge on any atom is 0.217 e. The van der Waals surface area contributed by atoms with Crippen molar-refractivity contribution in [2.45, 2.75) is 19.4 Å². The van der Waals surface area contributed by atoms with Gasteiger partial charge >= 0.3 is 0 Å². The summed E-state index contributed by atoms with van der Waals surface area (Å²) in [4.78, 5) is 14.8. The molecule has 0 aliphatic rings. The van der Waals surface area contributed by atoms with Crippen molar-refractivity contribution < 1.29 is 9.18 Å². The van der Waals surface area contributed by atoms with E-state index in [1.807, 2.05) is 0 Å². The van der Waals surface area contributed by atoms with E-state index in [2.05, 4.69) is 20.9 Å². The minimum atomic E-state index is -0.376. The highest BCUT2D eigenvalue weighted by Crippen LogP contribution is 2.25. The predicted molar refractivity (Wildman–Crippen MR) is 70.2 cm³/mol.